The smallest absolute Gasteiger partial charge is 0.124 e. The van der Waals surface area contributed by atoms with Gasteiger partial charge in [0.1, 0.15) is 11.5 Å². The van der Waals surface area contributed by atoms with Gasteiger partial charge in [0.25, 0.3) is 0 Å². The summed E-state index contributed by atoms with van der Waals surface area (Å²) in [4.78, 5) is 0. The maximum atomic E-state index is 11.4. The van der Waals surface area contributed by atoms with Crippen LogP contribution in [0.1, 0.15) is 86.5 Å². The molecule has 0 radical (unpaired) electrons. The highest BCUT2D eigenvalue weighted by Gasteiger charge is 2.49. The summed E-state index contributed by atoms with van der Waals surface area (Å²) in [6.07, 6.45) is 7.91. The monoisotopic (exact) mass is 558 g/mol. The van der Waals surface area contributed by atoms with Gasteiger partial charge in [0.15, 0.2) is 0 Å². The third-order valence-corrected chi connectivity index (χ3v) is 12.0. The average Bonchev–Trinajstić information content (AvgIpc) is 3.52. The van der Waals surface area contributed by atoms with E-state index in [0.717, 1.165) is 84.3 Å². The minimum Gasteiger partial charge on any atom is -0.507 e. The highest BCUT2D eigenvalue weighted by Crippen LogP contribution is 2.58. The van der Waals surface area contributed by atoms with E-state index in [1.165, 1.54) is 22.3 Å². The molecule has 42 heavy (non-hydrogen) atoms. The molecule has 0 spiro atoms. The second kappa shape index (κ2) is 8.73. The normalized spacial score (nSPS) is 30.0. The number of rotatable bonds is 1. The van der Waals surface area contributed by atoms with Gasteiger partial charge in [-0.2, -0.15) is 10.2 Å². The van der Waals surface area contributed by atoms with E-state index in [1.54, 1.807) is 0 Å². The molecule has 4 aromatic carbocycles. The molecule has 4 atom stereocenters. The molecule has 6 N–H and O–H groups in total. The number of benzene rings is 4. The van der Waals surface area contributed by atoms with Crippen molar-refractivity contribution >= 4 is 33.0 Å². The zero-order valence-corrected chi connectivity index (χ0v) is 24.4. The number of hydrogen-bond donors (Lipinski definition) is 4. The molecule has 0 aromatic heterocycles. The SMILES string of the molecule is C[C@]12CCc3c(ccc4c(-c5c(O)ccc6c7c(ccc56)[C@H]5CC/C(=N/N)[C@@]5(C)CC7)c(O)ccc34)[C@H]1CC/C2=N/N. The summed E-state index contributed by atoms with van der Waals surface area (Å²) in [5, 5.41) is 35.4. The van der Waals surface area contributed by atoms with Crippen molar-refractivity contribution in [3.63, 3.8) is 0 Å². The minimum atomic E-state index is 0.00827. The molecule has 6 heteroatoms. The third-order valence-electron chi connectivity index (χ3n) is 12.0. The van der Waals surface area contributed by atoms with Gasteiger partial charge in [-0.05, 0) is 119 Å². The molecule has 2 saturated carbocycles. The largest absolute Gasteiger partial charge is 0.507 e. The lowest BCUT2D eigenvalue weighted by atomic mass is 9.65. The Morgan fingerprint density at radius 1 is 0.595 bits per heavy atom. The first kappa shape index (κ1) is 25.6. The van der Waals surface area contributed by atoms with Crippen LogP contribution < -0.4 is 11.7 Å². The van der Waals surface area contributed by atoms with E-state index < -0.39 is 0 Å². The maximum Gasteiger partial charge on any atom is 0.124 e. The van der Waals surface area contributed by atoms with Crippen LogP contribution in [0.3, 0.4) is 0 Å². The molecule has 4 aromatic rings. The highest BCUT2D eigenvalue weighted by molar-refractivity contribution is 6.11. The Morgan fingerprint density at radius 2 is 1.00 bits per heavy atom. The zero-order valence-electron chi connectivity index (χ0n) is 24.4. The molecule has 8 rings (SSSR count). The number of nitrogens with two attached hydrogens (primary N) is 2. The van der Waals surface area contributed by atoms with E-state index in [1.807, 2.05) is 12.1 Å². The summed E-state index contributed by atoms with van der Waals surface area (Å²) >= 11 is 0. The Bertz CT molecular complexity index is 1750. The molecule has 0 bridgehead atoms. The van der Waals surface area contributed by atoms with Crippen LogP contribution in [-0.4, -0.2) is 21.6 Å². The molecule has 214 valence electrons. The Hall–Kier alpha value is -4.06. The zero-order chi connectivity index (χ0) is 29.0. The van der Waals surface area contributed by atoms with Gasteiger partial charge in [-0.15, -0.1) is 0 Å². The number of aryl methyl sites for hydroxylation is 2. The van der Waals surface area contributed by atoms with Crippen molar-refractivity contribution in [3.8, 4) is 22.6 Å². The number of hydrazone groups is 2. The lowest BCUT2D eigenvalue weighted by Gasteiger charge is -2.38. The fourth-order valence-corrected chi connectivity index (χ4v) is 9.68. The summed E-state index contributed by atoms with van der Waals surface area (Å²) in [5.41, 5.74) is 9.17. The first-order chi connectivity index (χ1) is 20.3. The van der Waals surface area contributed by atoms with Crippen molar-refractivity contribution in [1.82, 2.24) is 0 Å². The summed E-state index contributed by atoms with van der Waals surface area (Å²) < 4.78 is 0. The summed E-state index contributed by atoms with van der Waals surface area (Å²) in [5.74, 6) is 12.8. The number of hydrogen-bond acceptors (Lipinski definition) is 6. The predicted octanol–water partition coefficient (Wildman–Crippen LogP) is 7.36. The molecule has 6 nitrogen and oxygen atoms in total. The van der Waals surface area contributed by atoms with E-state index in [0.29, 0.717) is 23.0 Å². The van der Waals surface area contributed by atoms with Crippen LogP contribution in [0.4, 0.5) is 0 Å². The Morgan fingerprint density at radius 3 is 1.40 bits per heavy atom. The average molecular weight is 559 g/mol. The van der Waals surface area contributed by atoms with E-state index in [-0.39, 0.29) is 22.3 Å². The van der Waals surface area contributed by atoms with Gasteiger partial charge in [0.05, 0.1) is 0 Å². The van der Waals surface area contributed by atoms with Gasteiger partial charge in [0, 0.05) is 33.4 Å². The van der Waals surface area contributed by atoms with Crippen LogP contribution in [0, 0.1) is 10.8 Å². The van der Waals surface area contributed by atoms with E-state index in [2.05, 4.69) is 60.4 Å². The van der Waals surface area contributed by atoms with E-state index >= 15 is 0 Å². The van der Waals surface area contributed by atoms with Crippen LogP contribution in [0.15, 0.2) is 58.7 Å². The summed E-state index contributed by atoms with van der Waals surface area (Å²) in [7, 11) is 0. The fourth-order valence-electron chi connectivity index (χ4n) is 9.68. The molecule has 4 aliphatic carbocycles. The van der Waals surface area contributed by atoms with Crippen molar-refractivity contribution in [3.05, 3.63) is 70.8 Å². The van der Waals surface area contributed by atoms with Gasteiger partial charge in [-0.3, -0.25) is 0 Å². The lowest BCUT2D eigenvalue weighted by Crippen LogP contribution is -2.33. The fraction of sp³-hybridized carbons (Fsp3) is 0.389. The van der Waals surface area contributed by atoms with Crippen molar-refractivity contribution < 1.29 is 10.2 Å². The van der Waals surface area contributed by atoms with Crippen molar-refractivity contribution in [1.29, 1.82) is 0 Å². The molecule has 0 heterocycles. The standard InChI is InChI=1S/C36H38N4O2/c1-35-17-15-21-19-7-11-29(41)33(25(19)5-3-23(21)27(35)9-13-31(35)39-37)34-26-6-4-24-22(20(26)8-12-30(34)42)16-18-36(2)28(24)10-14-32(36)40-38/h3-8,11-12,27-28,41-42H,9-10,13-18,37-38H2,1-2H3/b39-31-,40-32-/t27-,28-,35+,36+/m1/s1. The van der Waals surface area contributed by atoms with Gasteiger partial charge in [0.2, 0.25) is 0 Å². The summed E-state index contributed by atoms with van der Waals surface area (Å²) in [6.45, 7) is 4.64. The predicted molar refractivity (Wildman–Crippen MR) is 170 cm³/mol. The van der Waals surface area contributed by atoms with Crippen LogP contribution in [0.5, 0.6) is 11.5 Å². The van der Waals surface area contributed by atoms with Crippen LogP contribution in [-0.2, 0) is 12.8 Å². The molecular weight excluding hydrogens is 520 g/mol. The first-order valence-corrected chi connectivity index (χ1v) is 15.4. The molecular formula is C36H38N4O2. The van der Waals surface area contributed by atoms with Crippen molar-refractivity contribution in [2.24, 2.45) is 32.7 Å². The highest BCUT2D eigenvalue weighted by atomic mass is 16.3. The lowest BCUT2D eigenvalue weighted by molar-refractivity contribution is 0.342. The molecule has 0 amide bonds. The molecule has 2 fully saturated rings. The first-order valence-electron chi connectivity index (χ1n) is 15.4. The second-order valence-electron chi connectivity index (χ2n) is 13.5. The van der Waals surface area contributed by atoms with Gasteiger partial charge in [-0.1, -0.05) is 50.2 Å². The van der Waals surface area contributed by atoms with Gasteiger partial charge >= 0.3 is 0 Å². The van der Waals surface area contributed by atoms with E-state index in [9.17, 15) is 10.2 Å². The quantitative estimate of drug-likeness (QED) is 0.144. The van der Waals surface area contributed by atoms with Crippen LogP contribution >= 0.6 is 0 Å². The van der Waals surface area contributed by atoms with E-state index in [4.69, 9.17) is 11.7 Å². The topological polar surface area (TPSA) is 117 Å². The molecule has 4 aliphatic rings. The van der Waals surface area contributed by atoms with Crippen molar-refractivity contribution in [2.45, 2.75) is 77.0 Å². The van der Waals surface area contributed by atoms with Crippen LogP contribution in [0.2, 0.25) is 0 Å². The molecule has 0 aliphatic heterocycles. The maximum absolute atomic E-state index is 11.4. The number of nitrogens with zero attached hydrogens (tertiary/aromatic N) is 2. The summed E-state index contributed by atoms with van der Waals surface area (Å²) in [6, 6.07) is 16.5. The molecule has 0 unspecified atom stereocenters. The Labute approximate surface area is 246 Å². The Balaban J connectivity index is 1.32. The second-order valence-corrected chi connectivity index (χ2v) is 13.5. The van der Waals surface area contributed by atoms with Crippen LogP contribution in [0.25, 0.3) is 32.7 Å². The number of phenols is 2. The van der Waals surface area contributed by atoms with Gasteiger partial charge in [-0.25, -0.2) is 0 Å². The minimum absolute atomic E-state index is 0.00827. The van der Waals surface area contributed by atoms with Crippen molar-refractivity contribution in [2.75, 3.05) is 0 Å². The number of fused-ring (bicyclic) bond motifs is 10. The number of phenolic OH excluding ortho intramolecular Hbond substituents is 2. The molecule has 0 saturated heterocycles. The third kappa shape index (κ3) is 3.15. The Kier molecular flexibility index (Phi) is 5.33. The van der Waals surface area contributed by atoms with Gasteiger partial charge < -0.3 is 21.9 Å². The number of aromatic hydroxyl groups is 2.